The second-order valence-electron chi connectivity index (χ2n) is 11.1. The Morgan fingerprint density at radius 3 is 2.42 bits per heavy atom. The standard InChI is InChI=1S/C30H48N2O6S2/c1-19(12-10-8-9-11-13-25(34)20(2)16-24-18-40-23(5)32-24)28(37)21(3)29(38)30(6,7)26(35)17-27(36)39-15-14-31-22(4)33/h9,11,16,18-19,21,25-26,28,34-35,37H,8,10,12-15,17H2,1-7H3,(H,31,33)/b11-9-,20-16+/t19-,21+,25-,26-,28-/m0/s1. The number of aryl methyl sites for hydroxylation is 1. The van der Waals surface area contributed by atoms with E-state index in [1.807, 2.05) is 44.4 Å². The van der Waals surface area contributed by atoms with Crippen molar-refractivity contribution < 1.29 is 29.7 Å². The zero-order valence-electron chi connectivity index (χ0n) is 25.0. The molecule has 1 amide bonds. The van der Waals surface area contributed by atoms with Gasteiger partial charge in [0.25, 0.3) is 0 Å². The van der Waals surface area contributed by atoms with Crippen LogP contribution in [0.1, 0.15) is 84.3 Å². The Morgan fingerprint density at radius 2 is 1.82 bits per heavy atom. The van der Waals surface area contributed by atoms with Gasteiger partial charge in [0.05, 0.1) is 34.4 Å². The Bertz CT molecular complexity index is 1020. The summed E-state index contributed by atoms with van der Waals surface area (Å²) in [5, 5.41) is 37.2. The summed E-state index contributed by atoms with van der Waals surface area (Å²) in [6.07, 6.45) is 5.98. The van der Waals surface area contributed by atoms with E-state index in [0.29, 0.717) is 18.7 Å². The van der Waals surface area contributed by atoms with E-state index in [9.17, 15) is 29.7 Å². The number of allylic oxidation sites excluding steroid dienone is 1. The fraction of sp³-hybridized carbons (Fsp3) is 0.667. The molecule has 4 N–H and O–H groups in total. The monoisotopic (exact) mass is 596 g/mol. The average Bonchev–Trinajstić information content (AvgIpc) is 3.30. The number of aliphatic hydroxyl groups is 3. The number of hydrogen-bond acceptors (Lipinski definition) is 9. The van der Waals surface area contributed by atoms with Gasteiger partial charge in [-0.2, -0.15) is 0 Å². The average molecular weight is 597 g/mol. The number of thioether (sulfide) groups is 1. The van der Waals surface area contributed by atoms with E-state index in [4.69, 9.17) is 0 Å². The van der Waals surface area contributed by atoms with Crippen LogP contribution >= 0.6 is 23.1 Å². The maximum Gasteiger partial charge on any atom is 0.216 e. The van der Waals surface area contributed by atoms with Gasteiger partial charge in [-0.25, -0.2) is 4.98 Å². The van der Waals surface area contributed by atoms with E-state index in [1.54, 1.807) is 32.1 Å². The van der Waals surface area contributed by atoms with Gasteiger partial charge in [0.2, 0.25) is 5.91 Å². The molecule has 10 heteroatoms. The van der Waals surface area contributed by atoms with Gasteiger partial charge in [-0.05, 0) is 57.1 Å². The van der Waals surface area contributed by atoms with Crippen molar-refractivity contribution in [1.82, 2.24) is 10.3 Å². The predicted octanol–water partition coefficient (Wildman–Crippen LogP) is 4.71. The minimum atomic E-state index is -1.19. The highest BCUT2D eigenvalue weighted by atomic mass is 32.2. The highest BCUT2D eigenvalue weighted by Crippen LogP contribution is 2.32. The summed E-state index contributed by atoms with van der Waals surface area (Å²) in [4.78, 5) is 40.7. The molecule has 0 aromatic carbocycles. The predicted molar refractivity (Wildman–Crippen MR) is 164 cm³/mol. The summed E-state index contributed by atoms with van der Waals surface area (Å²) < 4.78 is 0. The number of carbonyl (C=O) groups is 3. The van der Waals surface area contributed by atoms with Crippen molar-refractivity contribution in [2.45, 2.75) is 98.9 Å². The number of rotatable bonds is 18. The number of hydrogen-bond donors (Lipinski definition) is 4. The van der Waals surface area contributed by atoms with Crippen LogP contribution < -0.4 is 5.32 Å². The molecule has 5 atom stereocenters. The zero-order chi connectivity index (χ0) is 30.5. The molecule has 0 bridgehead atoms. The number of ketones is 1. The van der Waals surface area contributed by atoms with Crippen LogP contribution in [0.2, 0.25) is 0 Å². The van der Waals surface area contributed by atoms with Gasteiger partial charge < -0.3 is 20.6 Å². The number of Topliss-reactive ketones (excluding diaryl/α,β-unsaturated/α-hetero) is 1. The molecule has 0 aliphatic heterocycles. The molecule has 1 aromatic heterocycles. The molecule has 1 heterocycles. The quantitative estimate of drug-likeness (QED) is 0.141. The second kappa shape index (κ2) is 17.9. The lowest BCUT2D eigenvalue weighted by atomic mass is 9.73. The fourth-order valence-corrected chi connectivity index (χ4v) is 5.57. The maximum atomic E-state index is 13.2. The van der Waals surface area contributed by atoms with Crippen molar-refractivity contribution in [3.8, 4) is 0 Å². The lowest BCUT2D eigenvalue weighted by Gasteiger charge is -2.34. The largest absolute Gasteiger partial charge is 0.392 e. The second-order valence-corrected chi connectivity index (χ2v) is 13.3. The van der Waals surface area contributed by atoms with Crippen LogP contribution in [-0.2, 0) is 14.4 Å². The molecule has 40 heavy (non-hydrogen) atoms. The van der Waals surface area contributed by atoms with Gasteiger partial charge in [0.1, 0.15) is 5.78 Å². The van der Waals surface area contributed by atoms with Gasteiger partial charge >= 0.3 is 0 Å². The molecule has 0 spiro atoms. The van der Waals surface area contributed by atoms with Gasteiger partial charge in [-0.15, -0.1) is 11.3 Å². The van der Waals surface area contributed by atoms with Crippen LogP contribution in [0, 0.1) is 24.2 Å². The Labute approximate surface area is 247 Å². The van der Waals surface area contributed by atoms with Crippen molar-refractivity contribution in [1.29, 1.82) is 0 Å². The van der Waals surface area contributed by atoms with Crippen molar-refractivity contribution in [3.63, 3.8) is 0 Å². The number of aromatic nitrogens is 1. The molecule has 0 radical (unpaired) electrons. The van der Waals surface area contributed by atoms with E-state index in [2.05, 4.69) is 10.3 Å². The van der Waals surface area contributed by atoms with Crippen molar-refractivity contribution in [2.24, 2.45) is 17.3 Å². The topological polar surface area (TPSA) is 137 Å². The molecule has 0 aliphatic rings. The summed E-state index contributed by atoms with van der Waals surface area (Å²) >= 11 is 2.59. The van der Waals surface area contributed by atoms with Crippen LogP contribution in [0.4, 0.5) is 0 Å². The molecule has 1 rings (SSSR count). The first-order valence-corrected chi connectivity index (χ1v) is 15.8. The first-order valence-electron chi connectivity index (χ1n) is 13.9. The van der Waals surface area contributed by atoms with Crippen molar-refractivity contribution in [2.75, 3.05) is 12.3 Å². The fourth-order valence-electron chi connectivity index (χ4n) is 4.30. The third-order valence-corrected chi connectivity index (χ3v) is 8.86. The van der Waals surface area contributed by atoms with E-state index in [-0.39, 0.29) is 29.1 Å². The normalized spacial score (nSPS) is 16.4. The molecule has 8 nitrogen and oxygen atoms in total. The summed E-state index contributed by atoms with van der Waals surface area (Å²) in [6.45, 7) is 12.4. The van der Waals surface area contributed by atoms with Crippen LogP contribution in [0.15, 0.2) is 23.1 Å². The number of carbonyl (C=O) groups excluding carboxylic acids is 3. The lowest BCUT2D eigenvalue weighted by Crippen LogP contribution is -2.45. The number of nitrogens with zero attached hydrogens (tertiary/aromatic N) is 1. The molecule has 0 saturated carbocycles. The smallest absolute Gasteiger partial charge is 0.216 e. The Kier molecular flexibility index (Phi) is 16.1. The first-order chi connectivity index (χ1) is 18.7. The Hall–Kier alpha value is -1.85. The molecular weight excluding hydrogens is 548 g/mol. The Morgan fingerprint density at radius 1 is 1.15 bits per heavy atom. The molecule has 226 valence electrons. The van der Waals surface area contributed by atoms with Crippen LogP contribution in [-0.4, -0.2) is 67.7 Å². The van der Waals surface area contributed by atoms with Gasteiger partial charge in [0, 0.05) is 36.9 Å². The summed E-state index contributed by atoms with van der Waals surface area (Å²) in [7, 11) is 0. The molecule has 0 aliphatic carbocycles. The van der Waals surface area contributed by atoms with Crippen molar-refractivity contribution >= 4 is 46.0 Å². The highest BCUT2D eigenvalue weighted by Gasteiger charge is 2.41. The summed E-state index contributed by atoms with van der Waals surface area (Å²) in [5.74, 6) is -0.867. The zero-order valence-corrected chi connectivity index (χ0v) is 26.6. The van der Waals surface area contributed by atoms with Gasteiger partial charge in [-0.1, -0.05) is 51.6 Å². The molecule has 0 saturated heterocycles. The number of aliphatic hydroxyl groups excluding tert-OH is 3. The van der Waals surface area contributed by atoms with E-state index in [0.717, 1.165) is 47.3 Å². The highest BCUT2D eigenvalue weighted by molar-refractivity contribution is 8.13. The molecule has 0 unspecified atom stereocenters. The van der Waals surface area contributed by atoms with E-state index < -0.39 is 29.6 Å². The third-order valence-electron chi connectivity index (χ3n) is 7.17. The number of amides is 1. The summed E-state index contributed by atoms with van der Waals surface area (Å²) in [5.41, 5.74) is 0.537. The van der Waals surface area contributed by atoms with E-state index in [1.165, 1.54) is 6.92 Å². The number of unbranched alkanes of at least 4 members (excludes halogenated alkanes) is 1. The van der Waals surface area contributed by atoms with E-state index >= 15 is 0 Å². The SMILES string of the molecule is CC(=O)NCCSC(=O)C[C@H](O)C(C)(C)C(=O)[C@H](C)[C@@H](O)[C@@H](C)CCC/C=C\C[C@H](O)/C(C)=C/c1csc(C)n1. The molecule has 0 fully saturated rings. The van der Waals surface area contributed by atoms with Crippen LogP contribution in [0.3, 0.4) is 0 Å². The minimum absolute atomic E-state index is 0.122. The summed E-state index contributed by atoms with van der Waals surface area (Å²) in [6, 6.07) is 0. The third kappa shape index (κ3) is 12.8. The minimum Gasteiger partial charge on any atom is -0.392 e. The molecular formula is C30H48N2O6S2. The van der Waals surface area contributed by atoms with Crippen LogP contribution in [0.25, 0.3) is 6.08 Å². The molecule has 1 aromatic rings. The number of nitrogens with one attached hydrogen (secondary N) is 1. The number of thiazole rings is 1. The van der Waals surface area contributed by atoms with Gasteiger partial charge in [-0.3, -0.25) is 14.4 Å². The van der Waals surface area contributed by atoms with Gasteiger partial charge in [0.15, 0.2) is 5.12 Å². The van der Waals surface area contributed by atoms with Crippen LogP contribution in [0.5, 0.6) is 0 Å². The maximum absolute atomic E-state index is 13.2. The van der Waals surface area contributed by atoms with Crippen molar-refractivity contribution in [3.05, 3.63) is 33.8 Å². The Balaban J connectivity index is 2.45. The first kappa shape index (κ1) is 36.2. The lowest BCUT2D eigenvalue weighted by molar-refractivity contribution is -0.142.